The average Bonchev–Trinajstić information content (AvgIpc) is 3.32. The molecule has 9 nitrogen and oxygen atoms in total. The van der Waals surface area contributed by atoms with Crippen molar-refractivity contribution in [3.05, 3.63) is 60.8 Å². The second-order valence-electron chi connectivity index (χ2n) is 18.5. The second-order valence-corrected chi connectivity index (χ2v) is 20.0. The summed E-state index contributed by atoms with van der Waals surface area (Å²) in [6.45, 7) is 3.54. The van der Waals surface area contributed by atoms with Crippen molar-refractivity contribution in [1.29, 1.82) is 0 Å². The molecule has 0 aliphatic rings. The summed E-state index contributed by atoms with van der Waals surface area (Å²) in [7, 11) is -4.43. The number of esters is 1. The maximum absolute atomic E-state index is 12.2. The zero-order chi connectivity index (χ0) is 48.8. The number of nitrogens with one attached hydrogen (secondary N) is 1. The van der Waals surface area contributed by atoms with Gasteiger partial charge in [-0.2, -0.15) is 0 Å². The minimum Gasteiger partial charge on any atom is -0.463 e. The average molecular weight is 962 g/mol. The van der Waals surface area contributed by atoms with Gasteiger partial charge in [-0.3, -0.25) is 18.6 Å². The molecular weight excluding hydrogens is 858 g/mol. The monoisotopic (exact) mass is 962 g/mol. The number of hydrogen-bond donors (Lipinski definition) is 3. The lowest BCUT2D eigenvalue weighted by atomic mass is 10.0. The highest BCUT2D eigenvalue weighted by Crippen LogP contribution is 2.42. The van der Waals surface area contributed by atoms with Crippen LogP contribution >= 0.6 is 7.82 Å². The van der Waals surface area contributed by atoms with Gasteiger partial charge in [-0.25, -0.2) is 4.57 Å². The van der Waals surface area contributed by atoms with E-state index in [9.17, 15) is 24.2 Å². The molecule has 67 heavy (non-hydrogen) atoms. The van der Waals surface area contributed by atoms with Crippen LogP contribution in [-0.2, 0) is 27.9 Å². The van der Waals surface area contributed by atoms with Crippen LogP contribution in [-0.4, -0.2) is 54.3 Å². The lowest BCUT2D eigenvalue weighted by molar-refractivity contribution is -0.147. The summed E-state index contributed by atoms with van der Waals surface area (Å²) < 4.78 is 27.0. The van der Waals surface area contributed by atoms with Gasteiger partial charge in [-0.15, -0.1) is 0 Å². The van der Waals surface area contributed by atoms with Gasteiger partial charge in [0.2, 0.25) is 5.91 Å². The largest absolute Gasteiger partial charge is 0.472 e. The first kappa shape index (κ1) is 64.7. The van der Waals surface area contributed by atoms with Crippen LogP contribution in [0.25, 0.3) is 0 Å². The van der Waals surface area contributed by atoms with Gasteiger partial charge < -0.3 is 20.1 Å². The number of carbonyl (C=O) groups excluding carboxylic acids is 2. The lowest BCUT2D eigenvalue weighted by Gasteiger charge is -2.15. The van der Waals surface area contributed by atoms with Crippen LogP contribution in [0.4, 0.5) is 0 Å². The number of aliphatic hydroxyl groups excluding tert-OH is 1. The molecule has 10 heteroatoms. The van der Waals surface area contributed by atoms with E-state index in [4.69, 9.17) is 13.8 Å². The van der Waals surface area contributed by atoms with Gasteiger partial charge in [-0.05, 0) is 83.5 Å². The van der Waals surface area contributed by atoms with Crippen molar-refractivity contribution in [3.8, 4) is 0 Å². The van der Waals surface area contributed by atoms with Crippen molar-refractivity contribution in [1.82, 2.24) is 5.32 Å². The molecule has 2 unspecified atom stereocenters. The second kappa shape index (κ2) is 53.1. The van der Waals surface area contributed by atoms with Crippen LogP contribution in [0.15, 0.2) is 60.8 Å². The molecule has 0 aliphatic heterocycles. The molecule has 0 aliphatic carbocycles. The number of carbonyl (C=O) groups is 2. The molecule has 0 saturated heterocycles. The van der Waals surface area contributed by atoms with E-state index < -0.39 is 26.5 Å². The van der Waals surface area contributed by atoms with Gasteiger partial charge in [0.05, 0.1) is 13.2 Å². The zero-order valence-electron chi connectivity index (χ0n) is 43.3. The van der Waals surface area contributed by atoms with Gasteiger partial charge in [0.1, 0.15) is 12.7 Å². The fourth-order valence-electron chi connectivity index (χ4n) is 7.71. The molecule has 0 radical (unpaired) electrons. The Balaban J connectivity index is 3.56. The summed E-state index contributed by atoms with van der Waals surface area (Å²) in [4.78, 5) is 34.1. The van der Waals surface area contributed by atoms with Crippen molar-refractivity contribution >= 4 is 19.7 Å². The fourth-order valence-corrected chi connectivity index (χ4v) is 8.47. The first-order valence-electron chi connectivity index (χ1n) is 27.8. The maximum Gasteiger partial charge on any atom is 0.472 e. The lowest BCUT2D eigenvalue weighted by Crippen LogP contribution is -2.27. The van der Waals surface area contributed by atoms with Crippen LogP contribution < -0.4 is 5.32 Å². The van der Waals surface area contributed by atoms with Crippen LogP contribution in [0.2, 0.25) is 0 Å². The van der Waals surface area contributed by atoms with Gasteiger partial charge >= 0.3 is 13.8 Å². The van der Waals surface area contributed by atoms with Crippen molar-refractivity contribution < 1.29 is 37.9 Å². The Labute approximate surface area is 412 Å². The number of hydrogen-bond acceptors (Lipinski definition) is 7. The highest BCUT2D eigenvalue weighted by atomic mass is 31.2. The Morgan fingerprint density at radius 1 is 0.463 bits per heavy atom. The molecule has 0 spiro atoms. The Kier molecular flexibility index (Phi) is 51.3. The molecule has 0 saturated carbocycles. The number of unbranched alkanes of at least 4 members (excludes halogenated alkanes) is 29. The van der Waals surface area contributed by atoms with Crippen molar-refractivity contribution in [2.24, 2.45) is 0 Å². The summed E-state index contributed by atoms with van der Waals surface area (Å²) in [5.41, 5.74) is 0. The first-order chi connectivity index (χ1) is 32.8. The van der Waals surface area contributed by atoms with E-state index >= 15 is 0 Å². The van der Waals surface area contributed by atoms with E-state index in [0.717, 1.165) is 70.6 Å². The van der Waals surface area contributed by atoms with Gasteiger partial charge in [0.15, 0.2) is 0 Å². The fraction of sp³-hybridized carbons (Fsp3) is 0.789. The highest BCUT2D eigenvalue weighted by Gasteiger charge is 2.23. The smallest absolute Gasteiger partial charge is 0.463 e. The topological polar surface area (TPSA) is 131 Å². The molecule has 0 aromatic rings. The predicted molar refractivity (Wildman–Crippen MR) is 284 cm³/mol. The molecule has 0 rings (SSSR count). The standard InChI is InChI=1S/C57H104NO8P/c1-3-5-7-9-11-13-15-17-19-21-23-25-27-29-31-33-35-37-39-41-43-45-47-49-56(60)58-51-52-65-67(62,63)66-54-55(59)53-64-57(61)50-48-46-44-42-40-38-36-34-32-30-28-26-24-22-20-18-16-14-12-10-8-6-4-2/h12,14,17-20,24,26,30,32,55,59H,3-11,13,15-16,21-23,25,27-29,31,33-54H2,1-2H3,(H,58,60)(H,62,63)/b14-12-,19-17+,20-18-,26-24-,32-30-. The van der Waals surface area contributed by atoms with Crippen LogP contribution in [0.3, 0.4) is 0 Å². The summed E-state index contributed by atoms with van der Waals surface area (Å²) >= 11 is 0. The van der Waals surface area contributed by atoms with Crippen molar-refractivity contribution in [2.75, 3.05) is 26.4 Å². The van der Waals surface area contributed by atoms with Gasteiger partial charge in [0.25, 0.3) is 0 Å². The van der Waals surface area contributed by atoms with Crippen LogP contribution in [0.1, 0.15) is 258 Å². The molecule has 3 N–H and O–H groups in total. The Bertz CT molecular complexity index is 1280. The third-order valence-electron chi connectivity index (χ3n) is 11.9. The molecule has 0 aromatic carbocycles. The van der Waals surface area contributed by atoms with Gasteiger partial charge in [0, 0.05) is 19.4 Å². The van der Waals surface area contributed by atoms with E-state index in [1.54, 1.807) is 0 Å². The maximum atomic E-state index is 12.2. The number of aliphatic hydroxyl groups is 1. The number of allylic oxidation sites excluding steroid dienone is 10. The summed E-state index contributed by atoms with van der Waals surface area (Å²) in [5, 5.41) is 12.8. The minimum atomic E-state index is -4.43. The highest BCUT2D eigenvalue weighted by molar-refractivity contribution is 7.47. The number of phosphoric acid groups is 1. The number of rotatable bonds is 52. The first-order valence-corrected chi connectivity index (χ1v) is 29.3. The van der Waals surface area contributed by atoms with Gasteiger partial charge in [-0.1, -0.05) is 222 Å². The summed E-state index contributed by atoms with van der Waals surface area (Å²) in [5.74, 6) is -0.522. The molecule has 0 aromatic heterocycles. The summed E-state index contributed by atoms with van der Waals surface area (Å²) in [6.07, 6.45) is 65.9. The number of ether oxygens (including phenoxy) is 1. The third-order valence-corrected chi connectivity index (χ3v) is 12.9. The van der Waals surface area contributed by atoms with Crippen molar-refractivity contribution in [3.63, 3.8) is 0 Å². The van der Waals surface area contributed by atoms with Crippen molar-refractivity contribution in [2.45, 2.75) is 264 Å². The quantitative estimate of drug-likeness (QED) is 0.0238. The van der Waals surface area contributed by atoms with E-state index in [0.29, 0.717) is 6.42 Å². The predicted octanol–water partition coefficient (Wildman–Crippen LogP) is 16.8. The minimum absolute atomic E-state index is 0.0797. The molecule has 0 heterocycles. The SMILES string of the molecule is CCCCC/C=C\C/C=C\C/C=C\C/C=C\CCCCCCCCCC(=O)OCC(O)COP(=O)(O)OCCNC(=O)CCCCCCCCCCCCCCC/C=C/CCCCCCCC. The van der Waals surface area contributed by atoms with E-state index in [1.165, 1.54) is 161 Å². The van der Waals surface area contributed by atoms with E-state index in [-0.39, 0.29) is 32.1 Å². The molecule has 0 bridgehead atoms. The summed E-state index contributed by atoms with van der Waals surface area (Å²) in [6, 6.07) is 0. The Morgan fingerprint density at radius 3 is 1.25 bits per heavy atom. The molecular formula is C57H104NO8P. The Hall–Kier alpha value is -2.29. The third kappa shape index (κ3) is 54.5. The molecule has 2 atom stereocenters. The molecule has 390 valence electrons. The number of phosphoric ester groups is 1. The zero-order valence-corrected chi connectivity index (χ0v) is 44.2. The molecule has 0 fully saturated rings. The van der Waals surface area contributed by atoms with Crippen LogP contribution in [0, 0.1) is 0 Å². The Morgan fingerprint density at radius 2 is 0.806 bits per heavy atom. The molecule has 1 amide bonds. The number of amides is 1. The van der Waals surface area contributed by atoms with E-state index in [1.807, 2.05) is 0 Å². The van der Waals surface area contributed by atoms with Crippen LogP contribution in [0.5, 0.6) is 0 Å². The van der Waals surface area contributed by atoms with E-state index in [2.05, 4.69) is 79.9 Å². The normalized spacial score (nSPS) is 13.6.